The number of hydrogen-bond donors (Lipinski definition) is 0. The largest absolute Gasteiger partial charge is 0.373 e. The van der Waals surface area contributed by atoms with Crippen LogP contribution in [0.25, 0.3) is 0 Å². The molecule has 1 aromatic carbocycles. The molecule has 0 saturated heterocycles. The van der Waals surface area contributed by atoms with Crippen LogP contribution in [0.3, 0.4) is 0 Å². The van der Waals surface area contributed by atoms with Crippen LogP contribution in [-0.2, 0) is 16.0 Å². The van der Waals surface area contributed by atoms with Gasteiger partial charge >= 0.3 is 0 Å². The molecule has 0 radical (unpaired) electrons. The van der Waals surface area contributed by atoms with Crippen molar-refractivity contribution < 1.29 is 9.53 Å². The van der Waals surface area contributed by atoms with Crippen molar-refractivity contribution in [3.05, 3.63) is 35.9 Å². The number of Topliss-reactive ketones (excluding diaryl/α,β-unsaturated/α-hetero) is 1. The van der Waals surface area contributed by atoms with E-state index in [4.69, 9.17) is 4.74 Å². The minimum atomic E-state index is -0.203. The minimum absolute atomic E-state index is 0.203. The van der Waals surface area contributed by atoms with Crippen LogP contribution in [0, 0.1) is 5.92 Å². The zero-order valence-corrected chi connectivity index (χ0v) is 11.1. The van der Waals surface area contributed by atoms with Crippen molar-refractivity contribution in [1.29, 1.82) is 0 Å². The predicted octanol–water partition coefficient (Wildman–Crippen LogP) is 3.39. The lowest BCUT2D eigenvalue weighted by Crippen LogP contribution is -2.34. The third kappa shape index (κ3) is 3.42. The first kappa shape index (κ1) is 13.3. The molecule has 0 N–H and O–H groups in total. The topological polar surface area (TPSA) is 26.3 Å². The molecule has 2 nitrogen and oxygen atoms in total. The summed E-state index contributed by atoms with van der Waals surface area (Å²) in [6, 6.07) is 9.94. The zero-order valence-electron chi connectivity index (χ0n) is 11.1. The van der Waals surface area contributed by atoms with Gasteiger partial charge in [-0.3, -0.25) is 4.79 Å². The Kier molecular flexibility index (Phi) is 4.94. The van der Waals surface area contributed by atoms with Crippen molar-refractivity contribution in [2.75, 3.05) is 7.11 Å². The Morgan fingerprint density at radius 2 is 1.89 bits per heavy atom. The van der Waals surface area contributed by atoms with Gasteiger partial charge < -0.3 is 4.74 Å². The van der Waals surface area contributed by atoms with Crippen LogP contribution in [0.5, 0.6) is 0 Å². The lowest BCUT2D eigenvalue weighted by atomic mass is 9.83. The number of carbonyl (C=O) groups is 1. The molecule has 2 heteroatoms. The average Bonchev–Trinajstić information content (AvgIpc) is 2.42. The number of carbonyl (C=O) groups excluding carboxylic acids is 1. The molecule has 1 aromatic rings. The highest BCUT2D eigenvalue weighted by molar-refractivity contribution is 5.85. The normalized spacial score (nSPS) is 18.5. The Hall–Kier alpha value is -1.15. The summed E-state index contributed by atoms with van der Waals surface area (Å²) in [5, 5.41) is 0. The summed E-state index contributed by atoms with van der Waals surface area (Å²) in [7, 11) is 1.67. The average molecular weight is 246 g/mol. The van der Waals surface area contributed by atoms with Crippen LogP contribution in [0.15, 0.2) is 30.3 Å². The SMILES string of the molecule is COC(C(=O)Cc1ccccc1)C1CCCCC1. The van der Waals surface area contributed by atoms with Crippen LogP contribution < -0.4 is 0 Å². The van der Waals surface area contributed by atoms with E-state index in [1.807, 2.05) is 30.3 Å². The van der Waals surface area contributed by atoms with E-state index < -0.39 is 0 Å². The molecule has 1 aliphatic rings. The van der Waals surface area contributed by atoms with E-state index in [2.05, 4.69) is 0 Å². The Morgan fingerprint density at radius 3 is 2.50 bits per heavy atom. The Balaban J connectivity index is 1.96. The predicted molar refractivity (Wildman–Crippen MR) is 72.5 cm³/mol. The maximum absolute atomic E-state index is 12.3. The quantitative estimate of drug-likeness (QED) is 0.796. The van der Waals surface area contributed by atoms with E-state index in [-0.39, 0.29) is 11.9 Å². The second-order valence-corrected chi connectivity index (χ2v) is 5.18. The van der Waals surface area contributed by atoms with Gasteiger partial charge in [0.2, 0.25) is 0 Å². The first-order valence-corrected chi connectivity index (χ1v) is 6.90. The molecule has 1 saturated carbocycles. The van der Waals surface area contributed by atoms with Gasteiger partial charge in [-0.2, -0.15) is 0 Å². The van der Waals surface area contributed by atoms with E-state index in [1.165, 1.54) is 19.3 Å². The van der Waals surface area contributed by atoms with Gasteiger partial charge in [0.05, 0.1) is 0 Å². The van der Waals surface area contributed by atoms with Crippen molar-refractivity contribution in [3.63, 3.8) is 0 Å². The molecule has 1 fully saturated rings. The summed E-state index contributed by atoms with van der Waals surface area (Å²) in [6.45, 7) is 0. The lowest BCUT2D eigenvalue weighted by molar-refractivity contribution is -0.132. The fourth-order valence-corrected chi connectivity index (χ4v) is 2.92. The van der Waals surface area contributed by atoms with Crippen molar-refractivity contribution >= 4 is 5.78 Å². The van der Waals surface area contributed by atoms with Gasteiger partial charge in [0.15, 0.2) is 5.78 Å². The van der Waals surface area contributed by atoms with Gasteiger partial charge in [-0.15, -0.1) is 0 Å². The van der Waals surface area contributed by atoms with E-state index >= 15 is 0 Å². The molecule has 0 aliphatic heterocycles. The van der Waals surface area contributed by atoms with Crippen LogP contribution >= 0.6 is 0 Å². The molecule has 1 atom stereocenters. The van der Waals surface area contributed by atoms with Gasteiger partial charge in [0.1, 0.15) is 6.10 Å². The smallest absolute Gasteiger partial charge is 0.166 e. The molecule has 1 aliphatic carbocycles. The lowest BCUT2D eigenvalue weighted by Gasteiger charge is -2.28. The Labute approximate surface area is 109 Å². The van der Waals surface area contributed by atoms with Gasteiger partial charge in [0.25, 0.3) is 0 Å². The molecule has 0 aromatic heterocycles. The summed E-state index contributed by atoms with van der Waals surface area (Å²) in [5.74, 6) is 0.663. The second kappa shape index (κ2) is 6.69. The molecular formula is C16H22O2. The van der Waals surface area contributed by atoms with Gasteiger partial charge in [-0.05, 0) is 24.3 Å². The third-order valence-corrected chi connectivity index (χ3v) is 3.87. The zero-order chi connectivity index (χ0) is 12.8. The fourth-order valence-electron chi connectivity index (χ4n) is 2.92. The third-order valence-electron chi connectivity index (χ3n) is 3.87. The van der Waals surface area contributed by atoms with E-state index in [9.17, 15) is 4.79 Å². The molecule has 0 bridgehead atoms. The number of methoxy groups -OCH3 is 1. The summed E-state index contributed by atoms with van der Waals surface area (Å²) in [6.07, 6.45) is 6.35. The molecule has 2 rings (SSSR count). The molecule has 1 unspecified atom stereocenters. The minimum Gasteiger partial charge on any atom is -0.373 e. The van der Waals surface area contributed by atoms with Gasteiger partial charge in [-0.1, -0.05) is 49.6 Å². The number of rotatable bonds is 5. The fraction of sp³-hybridized carbons (Fsp3) is 0.562. The summed E-state index contributed by atoms with van der Waals surface area (Å²) < 4.78 is 5.47. The van der Waals surface area contributed by atoms with Gasteiger partial charge in [0, 0.05) is 13.5 Å². The van der Waals surface area contributed by atoms with Crippen molar-refractivity contribution in [2.45, 2.75) is 44.6 Å². The first-order valence-electron chi connectivity index (χ1n) is 6.90. The molecular weight excluding hydrogens is 224 g/mol. The van der Waals surface area contributed by atoms with Crippen LogP contribution in [0.1, 0.15) is 37.7 Å². The van der Waals surface area contributed by atoms with Crippen LogP contribution in [0.4, 0.5) is 0 Å². The second-order valence-electron chi connectivity index (χ2n) is 5.18. The van der Waals surface area contributed by atoms with Crippen molar-refractivity contribution in [1.82, 2.24) is 0 Å². The van der Waals surface area contributed by atoms with Crippen molar-refractivity contribution in [3.8, 4) is 0 Å². The van der Waals surface area contributed by atoms with E-state index in [1.54, 1.807) is 7.11 Å². The molecule has 98 valence electrons. The van der Waals surface area contributed by atoms with E-state index in [0.717, 1.165) is 18.4 Å². The Morgan fingerprint density at radius 1 is 1.22 bits per heavy atom. The standard InChI is InChI=1S/C16H22O2/c1-18-16(14-10-6-3-7-11-14)15(17)12-13-8-4-2-5-9-13/h2,4-5,8-9,14,16H,3,6-7,10-12H2,1H3. The van der Waals surface area contributed by atoms with E-state index in [0.29, 0.717) is 12.3 Å². The highest BCUT2D eigenvalue weighted by Gasteiger charge is 2.28. The number of hydrogen-bond acceptors (Lipinski definition) is 2. The van der Waals surface area contributed by atoms with Crippen LogP contribution in [0.2, 0.25) is 0 Å². The molecule has 18 heavy (non-hydrogen) atoms. The first-order chi connectivity index (χ1) is 8.81. The highest BCUT2D eigenvalue weighted by atomic mass is 16.5. The van der Waals surface area contributed by atoms with Gasteiger partial charge in [-0.25, -0.2) is 0 Å². The number of benzene rings is 1. The number of ketones is 1. The molecule has 0 spiro atoms. The Bertz CT molecular complexity index is 366. The van der Waals surface area contributed by atoms with Crippen molar-refractivity contribution in [2.24, 2.45) is 5.92 Å². The summed E-state index contributed by atoms with van der Waals surface area (Å²) in [5.41, 5.74) is 1.08. The highest BCUT2D eigenvalue weighted by Crippen LogP contribution is 2.28. The summed E-state index contributed by atoms with van der Waals surface area (Å²) in [4.78, 5) is 12.3. The molecule has 0 heterocycles. The maximum Gasteiger partial charge on any atom is 0.166 e. The molecule has 0 amide bonds. The summed E-state index contributed by atoms with van der Waals surface area (Å²) >= 11 is 0. The van der Waals surface area contributed by atoms with Crippen LogP contribution in [-0.4, -0.2) is 19.0 Å². The maximum atomic E-state index is 12.3. The monoisotopic (exact) mass is 246 g/mol. The number of ether oxygens (including phenoxy) is 1.